The van der Waals surface area contributed by atoms with Crippen LogP contribution >= 0.6 is 11.6 Å². The lowest BCUT2D eigenvalue weighted by atomic mass is 10.2. The lowest BCUT2D eigenvalue weighted by Gasteiger charge is -2.21. The van der Waals surface area contributed by atoms with Gasteiger partial charge in [-0.1, -0.05) is 25.4 Å². The van der Waals surface area contributed by atoms with Crippen molar-refractivity contribution in [2.24, 2.45) is 5.92 Å². The van der Waals surface area contributed by atoms with Crippen LogP contribution in [-0.4, -0.2) is 42.8 Å². The van der Waals surface area contributed by atoms with Gasteiger partial charge in [0.1, 0.15) is 5.82 Å². The van der Waals surface area contributed by atoms with Crippen LogP contribution < -0.4 is 16.1 Å². The number of hydrogen-bond donors (Lipinski definition) is 3. The fourth-order valence-electron chi connectivity index (χ4n) is 2.38. The first kappa shape index (κ1) is 22.1. The van der Waals surface area contributed by atoms with Gasteiger partial charge in [-0.05, 0) is 30.5 Å². The molecule has 2 rings (SSSR count). The van der Waals surface area contributed by atoms with Gasteiger partial charge < -0.3 is 15.4 Å². The van der Waals surface area contributed by atoms with E-state index in [1.54, 1.807) is 18.3 Å². The molecule has 2 amide bonds. The summed E-state index contributed by atoms with van der Waals surface area (Å²) in [5, 5.41) is 6.28. The number of ether oxygens (including phenoxy) is 1. The number of pyridine rings is 1. The number of hydrogen-bond acceptors (Lipinski definition) is 6. The Bertz CT molecular complexity index is 691. The van der Waals surface area contributed by atoms with Gasteiger partial charge in [0, 0.05) is 44.3 Å². The summed E-state index contributed by atoms with van der Waals surface area (Å²) >= 11 is 6.21. The van der Waals surface area contributed by atoms with Gasteiger partial charge >= 0.3 is 0 Å². The predicted octanol–water partition coefficient (Wildman–Crippen LogP) is 2.51. The second kappa shape index (κ2) is 11.6. The molecule has 1 aromatic rings. The monoisotopic (exact) mass is 410 g/mol. The maximum atomic E-state index is 11.8. The van der Waals surface area contributed by atoms with Crippen molar-refractivity contribution in [3.63, 3.8) is 0 Å². The van der Waals surface area contributed by atoms with E-state index in [0.717, 1.165) is 19.3 Å². The summed E-state index contributed by atoms with van der Waals surface area (Å²) in [4.78, 5) is 32.7. The predicted molar refractivity (Wildman–Crippen MR) is 107 cm³/mol. The molecule has 0 aromatic carbocycles. The summed E-state index contributed by atoms with van der Waals surface area (Å²) < 4.78 is 5.37. The first-order valence-corrected chi connectivity index (χ1v) is 9.76. The number of rotatable bonds is 9. The van der Waals surface area contributed by atoms with Gasteiger partial charge in [-0.25, -0.2) is 15.3 Å². The molecule has 1 unspecified atom stereocenters. The number of hydroxylamine groups is 1. The third-order valence-corrected chi connectivity index (χ3v) is 4.25. The van der Waals surface area contributed by atoms with E-state index >= 15 is 0 Å². The second-order valence-corrected chi connectivity index (χ2v) is 7.09. The Kier molecular flexibility index (Phi) is 9.19. The smallest absolute Gasteiger partial charge is 0.267 e. The zero-order valence-corrected chi connectivity index (χ0v) is 16.9. The number of amides is 2. The standard InChI is InChI=1S/C19H27ClN4O4/c1-13(2)19(26)22-9-8-21-18-15(20)11-14(12-23-18)6-7-16(25)24-28-17-5-3-4-10-27-17/h6-7,11-13,17H,3-5,8-10H2,1-2H3,(H,21,23)(H,22,26)(H,24,25). The van der Waals surface area contributed by atoms with Crippen molar-refractivity contribution in [1.29, 1.82) is 0 Å². The molecule has 28 heavy (non-hydrogen) atoms. The number of aromatic nitrogens is 1. The minimum Gasteiger partial charge on any atom is -0.367 e. The molecule has 1 aliphatic rings. The number of nitrogens with zero attached hydrogens (tertiary/aromatic N) is 1. The van der Waals surface area contributed by atoms with Crippen molar-refractivity contribution in [3.8, 4) is 0 Å². The lowest BCUT2D eigenvalue weighted by Crippen LogP contribution is -2.32. The quantitative estimate of drug-likeness (QED) is 0.328. The number of carbonyl (C=O) groups is 2. The fourth-order valence-corrected chi connectivity index (χ4v) is 2.62. The highest BCUT2D eigenvalue weighted by molar-refractivity contribution is 6.33. The van der Waals surface area contributed by atoms with E-state index in [4.69, 9.17) is 21.2 Å². The highest BCUT2D eigenvalue weighted by Crippen LogP contribution is 2.20. The topological polar surface area (TPSA) is 102 Å². The Morgan fingerprint density at radius 2 is 2.21 bits per heavy atom. The molecule has 3 N–H and O–H groups in total. The van der Waals surface area contributed by atoms with Crippen LogP contribution in [0.5, 0.6) is 0 Å². The van der Waals surface area contributed by atoms with Gasteiger partial charge in [0.2, 0.25) is 5.91 Å². The Balaban J connectivity index is 1.75. The van der Waals surface area contributed by atoms with Crippen LogP contribution in [0.2, 0.25) is 5.02 Å². The lowest BCUT2D eigenvalue weighted by molar-refractivity contribution is -0.198. The normalized spacial score (nSPS) is 16.9. The van der Waals surface area contributed by atoms with Crippen LogP contribution in [0.25, 0.3) is 6.08 Å². The van der Waals surface area contributed by atoms with Crippen LogP contribution in [0.4, 0.5) is 5.82 Å². The van der Waals surface area contributed by atoms with Crippen LogP contribution in [0.3, 0.4) is 0 Å². The maximum absolute atomic E-state index is 11.8. The Labute approximate surface area is 170 Å². The molecule has 0 bridgehead atoms. The summed E-state index contributed by atoms with van der Waals surface area (Å²) in [6, 6.07) is 1.69. The molecule has 0 radical (unpaired) electrons. The first-order chi connectivity index (χ1) is 13.5. The van der Waals surface area contributed by atoms with E-state index in [1.165, 1.54) is 6.08 Å². The zero-order valence-electron chi connectivity index (χ0n) is 16.2. The minimum absolute atomic E-state index is 0.00125. The van der Waals surface area contributed by atoms with Gasteiger partial charge in [0.25, 0.3) is 5.91 Å². The van der Waals surface area contributed by atoms with Crippen molar-refractivity contribution in [1.82, 2.24) is 15.8 Å². The summed E-state index contributed by atoms with van der Waals surface area (Å²) in [7, 11) is 0. The number of anilines is 1. The van der Waals surface area contributed by atoms with Crippen LogP contribution in [0.1, 0.15) is 38.7 Å². The Hall–Kier alpha value is -2.16. The molecular formula is C19H27ClN4O4. The molecule has 8 nitrogen and oxygen atoms in total. The van der Waals surface area contributed by atoms with E-state index in [-0.39, 0.29) is 11.8 Å². The van der Waals surface area contributed by atoms with E-state index in [9.17, 15) is 9.59 Å². The van der Waals surface area contributed by atoms with Gasteiger partial charge in [0.05, 0.1) is 5.02 Å². The molecule has 2 heterocycles. The summed E-state index contributed by atoms with van der Waals surface area (Å²) in [6.07, 6.45) is 6.92. The maximum Gasteiger partial charge on any atom is 0.267 e. The van der Waals surface area contributed by atoms with Crippen molar-refractivity contribution in [3.05, 3.63) is 28.9 Å². The third kappa shape index (κ3) is 7.84. The van der Waals surface area contributed by atoms with Crippen molar-refractivity contribution < 1.29 is 19.2 Å². The second-order valence-electron chi connectivity index (χ2n) is 6.69. The van der Waals surface area contributed by atoms with Crippen LogP contribution in [-0.2, 0) is 19.2 Å². The highest BCUT2D eigenvalue weighted by Gasteiger charge is 2.15. The Morgan fingerprint density at radius 3 is 2.89 bits per heavy atom. The third-order valence-electron chi connectivity index (χ3n) is 3.96. The van der Waals surface area contributed by atoms with Crippen LogP contribution in [0, 0.1) is 5.92 Å². The molecule has 1 atom stereocenters. The number of halogens is 1. The molecule has 0 saturated carbocycles. The number of nitrogens with one attached hydrogen (secondary N) is 3. The van der Waals surface area contributed by atoms with E-state index < -0.39 is 12.2 Å². The van der Waals surface area contributed by atoms with E-state index in [0.29, 0.717) is 36.1 Å². The van der Waals surface area contributed by atoms with E-state index in [1.807, 2.05) is 13.8 Å². The largest absolute Gasteiger partial charge is 0.367 e. The summed E-state index contributed by atoms with van der Waals surface area (Å²) in [6.45, 7) is 5.29. The van der Waals surface area contributed by atoms with Crippen molar-refractivity contribution in [2.75, 3.05) is 25.0 Å². The Morgan fingerprint density at radius 1 is 1.39 bits per heavy atom. The first-order valence-electron chi connectivity index (χ1n) is 9.38. The summed E-state index contributed by atoms with van der Waals surface area (Å²) in [5.41, 5.74) is 3.02. The zero-order chi connectivity index (χ0) is 20.4. The average Bonchev–Trinajstić information content (AvgIpc) is 2.69. The SMILES string of the molecule is CC(C)C(=O)NCCNc1ncc(C=CC(=O)NOC2CCCCO2)cc1Cl. The van der Waals surface area contributed by atoms with Gasteiger partial charge in [-0.15, -0.1) is 0 Å². The molecule has 1 aliphatic heterocycles. The average molecular weight is 411 g/mol. The molecule has 9 heteroatoms. The van der Waals surface area contributed by atoms with Gasteiger partial charge in [-0.2, -0.15) is 0 Å². The molecule has 1 aromatic heterocycles. The molecule has 154 valence electrons. The van der Waals surface area contributed by atoms with Crippen LogP contribution in [0.15, 0.2) is 18.3 Å². The van der Waals surface area contributed by atoms with Crippen molar-refractivity contribution >= 4 is 35.3 Å². The molecule has 0 aliphatic carbocycles. The van der Waals surface area contributed by atoms with Crippen molar-refractivity contribution in [2.45, 2.75) is 39.4 Å². The minimum atomic E-state index is -0.395. The molecule has 0 spiro atoms. The van der Waals surface area contributed by atoms with Gasteiger partial charge in [0.15, 0.2) is 6.29 Å². The molecular weight excluding hydrogens is 384 g/mol. The molecule has 1 saturated heterocycles. The highest BCUT2D eigenvalue weighted by atomic mass is 35.5. The summed E-state index contributed by atoms with van der Waals surface area (Å²) in [5.74, 6) is 0.0671. The van der Waals surface area contributed by atoms with Gasteiger partial charge in [-0.3, -0.25) is 9.59 Å². The molecule has 1 fully saturated rings. The van der Waals surface area contributed by atoms with E-state index in [2.05, 4.69) is 21.1 Å². The number of carbonyl (C=O) groups excluding carboxylic acids is 2. The fraction of sp³-hybridized carbons (Fsp3) is 0.526.